The smallest absolute Gasteiger partial charge is 0.321 e. The van der Waals surface area contributed by atoms with Crippen molar-refractivity contribution in [3.05, 3.63) is 34.3 Å². The normalized spacial score (nSPS) is 12.7. The van der Waals surface area contributed by atoms with Gasteiger partial charge in [0.1, 0.15) is 0 Å². The number of rotatable bonds is 4. The number of nitrogens with zero attached hydrogens (tertiary/aromatic N) is 1. The van der Waals surface area contributed by atoms with Crippen LogP contribution in [0.25, 0.3) is 0 Å². The van der Waals surface area contributed by atoms with Crippen molar-refractivity contribution in [2.75, 3.05) is 0 Å². The summed E-state index contributed by atoms with van der Waals surface area (Å²) in [6.07, 6.45) is 0. The molecular formula is C11H10ClNO4S. The summed E-state index contributed by atoms with van der Waals surface area (Å²) in [6, 6.07) is 6.06. The number of hydrogen-bond acceptors (Lipinski definition) is 4. The van der Waals surface area contributed by atoms with Crippen LogP contribution >= 0.6 is 11.6 Å². The molecule has 1 N–H and O–H groups in total. The lowest BCUT2D eigenvalue weighted by atomic mass is 10.2. The molecule has 1 aromatic carbocycles. The van der Waals surface area contributed by atoms with Crippen LogP contribution in [0.4, 0.5) is 0 Å². The first-order valence-electron chi connectivity index (χ1n) is 4.91. The molecule has 0 aliphatic heterocycles. The van der Waals surface area contributed by atoms with Gasteiger partial charge >= 0.3 is 5.97 Å². The summed E-state index contributed by atoms with van der Waals surface area (Å²) < 4.78 is 23.5. The number of carboxylic acid groups (broad SMARTS) is 1. The Morgan fingerprint density at radius 1 is 1.56 bits per heavy atom. The Morgan fingerprint density at radius 2 is 2.17 bits per heavy atom. The van der Waals surface area contributed by atoms with Crippen LogP contribution in [0.1, 0.15) is 18.1 Å². The molecule has 0 spiro atoms. The van der Waals surface area contributed by atoms with E-state index in [1.807, 2.05) is 6.07 Å². The third-order valence-corrected chi connectivity index (χ3v) is 4.77. The zero-order valence-electron chi connectivity index (χ0n) is 9.42. The highest BCUT2D eigenvalue weighted by Crippen LogP contribution is 2.21. The Bertz CT molecular complexity index is 618. The minimum atomic E-state index is -3.82. The van der Waals surface area contributed by atoms with Gasteiger partial charge < -0.3 is 5.11 Å². The van der Waals surface area contributed by atoms with E-state index in [9.17, 15) is 13.2 Å². The van der Waals surface area contributed by atoms with Gasteiger partial charge in [-0.3, -0.25) is 4.79 Å². The highest BCUT2D eigenvalue weighted by Gasteiger charge is 2.28. The van der Waals surface area contributed by atoms with Crippen LogP contribution in [-0.2, 0) is 20.4 Å². The van der Waals surface area contributed by atoms with Crippen LogP contribution in [0, 0.1) is 11.3 Å². The number of nitriles is 1. The SMILES string of the molecule is CC(C(=O)O)S(=O)(=O)Cc1ccc(C#N)cc1Cl. The van der Waals surface area contributed by atoms with Crippen LogP contribution in [0.15, 0.2) is 18.2 Å². The average Bonchev–Trinajstić information content (AvgIpc) is 2.30. The van der Waals surface area contributed by atoms with Gasteiger partial charge in [0, 0.05) is 5.02 Å². The summed E-state index contributed by atoms with van der Waals surface area (Å²) in [5.74, 6) is -1.87. The van der Waals surface area contributed by atoms with E-state index in [1.54, 1.807) is 0 Å². The first-order valence-corrected chi connectivity index (χ1v) is 7.00. The largest absolute Gasteiger partial charge is 0.480 e. The fourth-order valence-electron chi connectivity index (χ4n) is 1.23. The Labute approximate surface area is 110 Å². The predicted octanol–water partition coefficient (Wildman–Crippen LogP) is 1.60. The number of aliphatic carboxylic acids is 1. The molecule has 5 nitrogen and oxygen atoms in total. The maximum absolute atomic E-state index is 11.7. The Morgan fingerprint density at radius 3 is 2.61 bits per heavy atom. The van der Waals surface area contributed by atoms with Crippen LogP contribution in [-0.4, -0.2) is 24.7 Å². The van der Waals surface area contributed by atoms with E-state index in [1.165, 1.54) is 18.2 Å². The maximum atomic E-state index is 11.7. The molecule has 0 amide bonds. The van der Waals surface area contributed by atoms with Crippen molar-refractivity contribution in [2.45, 2.75) is 17.9 Å². The van der Waals surface area contributed by atoms with Crippen molar-refractivity contribution in [2.24, 2.45) is 0 Å². The van der Waals surface area contributed by atoms with Gasteiger partial charge in [0.15, 0.2) is 15.1 Å². The molecule has 0 fully saturated rings. The van der Waals surface area contributed by atoms with Crippen LogP contribution in [0.2, 0.25) is 5.02 Å². The zero-order chi connectivity index (χ0) is 13.9. The molecule has 0 saturated carbocycles. The summed E-state index contributed by atoms with van der Waals surface area (Å²) in [6.45, 7) is 1.11. The molecule has 1 unspecified atom stereocenters. The van der Waals surface area contributed by atoms with Crippen LogP contribution in [0.5, 0.6) is 0 Å². The second-order valence-corrected chi connectivity index (χ2v) is 6.43. The van der Waals surface area contributed by atoms with E-state index in [2.05, 4.69) is 0 Å². The highest BCUT2D eigenvalue weighted by molar-refractivity contribution is 7.92. The molecule has 1 aromatic rings. The molecule has 0 bridgehead atoms. The number of hydrogen-bond donors (Lipinski definition) is 1. The zero-order valence-corrected chi connectivity index (χ0v) is 11.0. The maximum Gasteiger partial charge on any atom is 0.321 e. The topological polar surface area (TPSA) is 95.2 Å². The minimum absolute atomic E-state index is 0.134. The van der Waals surface area contributed by atoms with E-state index in [4.69, 9.17) is 22.0 Å². The summed E-state index contributed by atoms with van der Waals surface area (Å²) >= 11 is 5.84. The summed E-state index contributed by atoms with van der Waals surface area (Å²) in [5, 5.41) is 16.0. The molecule has 7 heteroatoms. The minimum Gasteiger partial charge on any atom is -0.480 e. The van der Waals surface area contributed by atoms with E-state index >= 15 is 0 Å². The van der Waals surface area contributed by atoms with Crippen molar-refractivity contribution < 1.29 is 18.3 Å². The Balaban J connectivity index is 3.06. The lowest BCUT2D eigenvalue weighted by molar-refractivity contribution is -0.136. The van der Waals surface area contributed by atoms with Crippen molar-refractivity contribution in [3.63, 3.8) is 0 Å². The fourth-order valence-corrected chi connectivity index (χ4v) is 2.80. The van der Waals surface area contributed by atoms with Gasteiger partial charge in [-0.1, -0.05) is 17.7 Å². The number of sulfone groups is 1. The molecule has 0 aliphatic carbocycles. The lowest BCUT2D eigenvalue weighted by Gasteiger charge is -2.09. The molecule has 0 saturated heterocycles. The second kappa shape index (κ2) is 5.38. The van der Waals surface area contributed by atoms with Crippen LogP contribution < -0.4 is 0 Å². The second-order valence-electron chi connectivity index (χ2n) is 3.71. The molecule has 0 radical (unpaired) electrons. The van der Waals surface area contributed by atoms with E-state index < -0.39 is 26.8 Å². The molecule has 18 heavy (non-hydrogen) atoms. The predicted molar refractivity (Wildman–Crippen MR) is 65.9 cm³/mol. The Kier molecular flexibility index (Phi) is 4.33. The Hall–Kier alpha value is -1.58. The molecule has 0 aliphatic rings. The first-order chi connectivity index (χ1) is 8.27. The van der Waals surface area contributed by atoms with Crippen molar-refractivity contribution in [3.8, 4) is 6.07 Å². The fraction of sp³-hybridized carbons (Fsp3) is 0.273. The summed E-state index contributed by atoms with van der Waals surface area (Å²) in [5.41, 5.74) is 0.594. The van der Waals surface area contributed by atoms with E-state index in [-0.39, 0.29) is 10.6 Å². The highest BCUT2D eigenvalue weighted by atomic mass is 35.5. The molecule has 0 heterocycles. The average molecular weight is 288 g/mol. The van der Waals surface area contributed by atoms with Crippen molar-refractivity contribution in [1.82, 2.24) is 0 Å². The number of carbonyl (C=O) groups is 1. The van der Waals surface area contributed by atoms with Gasteiger partial charge in [0.2, 0.25) is 0 Å². The van der Waals surface area contributed by atoms with E-state index in [0.29, 0.717) is 5.56 Å². The monoisotopic (exact) mass is 287 g/mol. The molecule has 0 aromatic heterocycles. The quantitative estimate of drug-likeness (QED) is 0.907. The van der Waals surface area contributed by atoms with Crippen molar-refractivity contribution in [1.29, 1.82) is 5.26 Å². The lowest BCUT2D eigenvalue weighted by Crippen LogP contribution is -2.28. The van der Waals surface area contributed by atoms with Gasteiger partial charge in [-0.25, -0.2) is 8.42 Å². The third-order valence-electron chi connectivity index (χ3n) is 2.43. The number of benzene rings is 1. The van der Waals surface area contributed by atoms with Gasteiger partial charge in [0.25, 0.3) is 0 Å². The molecular weight excluding hydrogens is 278 g/mol. The van der Waals surface area contributed by atoms with Gasteiger partial charge in [-0.05, 0) is 24.6 Å². The molecule has 96 valence electrons. The summed E-state index contributed by atoms with van der Waals surface area (Å²) in [7, 11) is -3.82. The van der Waals surface area contributed by atoms with Gasteiger partial charge in [-0.2, -0.15) is 5.26 Å². The van der Waals surface area contributed by atoms with Crippen molar-refractivity contribution >= 4 is 27.4 Å². The number of halogens is 1. The molecule has 1 rings (SSSR count). The van der Waals surface area contributed by atoms with Crippen LogP contribution in [0.3, 0.4) is 0 Å². The van der Waals surface area contributed by atoms with Gasteiger partial charge in [0.05, 0.1) is 17.4 Å². The first kappa shape index (κ1) is 14.5. The third kappa shape index (κ3) is 3.22. The summed E-state index contributed by atoms with van der Waals surface area (Å²) in [4.78, 5) is 10.7. The molecule has 1 atom stereocenters. The van der Waals surface area contributed by atoms with Gasteiger partial charge in [-0.15, -0.1) is 0 Å². The van der Waals surface area contributed by atoms with E-state index in [0.717, 1.165) is 6.92 Å². The standard InChI is InChI=1S/C11H10ClNO4S/c1-7(11(14)15)18(16,17)6-9-3-2-8(5-13)4-10(9)12/h2-4,7H,6H2,1H3,(H,14,15). The number of carboxylic acids is 1.